The molecule has 3 aromatic rings. The summed E-state index contributed by atoms with van der Waals surface area (Å²) in [5.74, 6) is 0. The molecule has 1 aromatic heterocycles. The number of hydrogen-bond donors (Lipinski definition) is 5. The number of aliphatic hydroxyl groups is 4. The van der Waals surface area contributed by atoms with Crippen molar-refractivity contribution in [2.45, 2.75) is 44.2 Å². The Kier molecular flexibility index (Phi) is 7.05. The molecule has 3 rings (SSSR count). The Morgan fingerprint density at radius 1 is 0.966 bits per heavy atom. The van der Waals surface area contributed by atoms with E-state index in [1.54, 1.807) is 12.1 Å². The van der Waals surface area contributed by atoms with Crippen LogP contribution in [0.2, 0.25) is 0 Å². The lowest BCUT2D eigenvalue weighted by Gasteiger charge is -2.28. The van der Waals surface area contributed by atoms with Gasteiger partial charge in [0.2, 0.25) is 0 Å². The first-order valence-corrected chi connectivity index (χ1v) is 9.84. The maximum atomic E-state index is 10.7. The summed E-state index contributed by atoms with van der Waals surface area (Å²) in [4.78, 5) is 3.36. The Balaban J connectivity index is 1.85. The van der Waals surface area contributed by atoms with Crippen LogP contribution in [0.1, 0.15) is 35.4 Å². The quantitative estimate of drug-likeness (QED) is 0.379. The van der Waals surface area contributed by atoms with Gasteiger partial charge in [-0.25, -0.2) is 0 Å². The summed E-state index contributed by atoms with van der Waals surface area (Å²) in [5, 5.41) is 41.4. The van der Waals surface area contributed by atoms with E-state index in [4.69, 9.17) is 4.74 Å². The number of methoxy groups -OCH3 is 1. The first-order chi connectivity index (χ1) is 14.0. The number of aryl methyl sites for hydroxylation is 1. The second kappa shape index (κ2) is 9.52. The van der Waals surface area contributed by atoms with Crippen LogP contribution in [-0.2, 0) is 17.6 Å². The molecule has 0 saturated heterocycles. The van der Waals surface area contributed by atoms with Crippen molar-refractivity contribution in [2.75, 3.05) is 13.7 Å². The molecule has 0 fully saturated rings. The number of aromatic amines is 1. The molecule has 156 valence electrons. The highest BCUT2D eigenvalue weighted by atomic mass is 16.5. The maximum absolute atomic E-state index is 10.7. The highest BCUT2D eigenvalue weighted by molar-refractivity contribution is 5.84. The molecular weight excluding hydrogens is 370 g/mol. The van der Waals surface area contributed by atoms with Crippen molar-refractivity contribution in [1.82, 2.24) is 4.98 Å². The number of fused-ring (bicyclic) bond motifs is 1. The van der Waals surface area contributed by atoms with Crippen LogP contribution in [-0.4, -0.2) is 57.4 Å². The zero-order valence-corrected chi connectivity index (χ0v) is 16.7. The molecule has 29 heavy (non-hydrogen) atoms. The highest BCUT2D eigenvalue weighted by Crippen LogP contribution is 2.29. The fourth-order valence-electron chi connectivity index (χ4n) is 3.61. The third kappa shape index (κ3) is 4.69. The van der Waals surface area contributed by atoms with Crippen LogP contribution in [0.25, 0.3) is 10.9 Å². The summed E-state index contributed by atoms with van der Waals surface area (Å²) in [6, 6.07) is 15.8. The average molecular weight is 399 g/mol. The van der Waals surface area contributed by atoms with E-state index in [0.29, 0.717) is 5.56 Å². The monoisotopic (exact) mass is 399 g/mol. The topological polar surface area (TPSA) is 106 Å². The molecule has 0 bridgehead atoms. The summed E-state index contributed by atoms with van der Waals surface area (Å²) < 4.78 is 4.97. The third-order valence-corrected chi connectivity index (χ3v) is 5.44. The molecular formula is C23H29NO5. The van der Waals surface area contributed by atoms with Crippen LogP contribution < -0.4 is 0 Å². The fraction of sp³-hybridized carbons (Fsp3) is 0.391. The fourth-order valence-corrected chi connectivity index (χ4v) is 3.61. The Labute approximate surface area is 170 Å². The van der Waals surface area contributed by atoms with Gasteiger partial charge in [0.05, 0.1) is 6.61 Å². The normalized spacial score (nSPS) is 15.9. The largest absolute Gasteiger partial charge is 0.394 e. The summed E-state index contributed by atoms with van der Waals surface area (Å²) in [5.41, 5.74) is 4.81. The van der Waals surface area contributed by atoms with Gasteiger partial charge in [0, 0.05) is 30.1 Å². The number of benzene rings is 2. The zero-order chi connectivity index (χ0) is 21.0. The van der Waals surface area contributed by atoms with Gasteiger partial charge in [0.25, 0.3) is 0 Å². The minimum absolute atomic E-state index is 0.462. The van der Waals surface area contributed by atoms with Gasteiger partial charge in [0.1, 0.15) is 24.4 Å². The van der Waals surface area contributed by atoms with E-state index in [0.717, 1.165) is 29.4 Å². The van der Waals surface area contributed by atoms with Gasteiger partial charge in [-0.05, 0) is 35.2 Å². The minimum atomic E-state index is -1.50. The summed E-state index contributed by atoms with van der Waals surface area (Å²) in [6.45, 7) is 1.66. The van der Waals surface area contributed by atoms with Gasteiger partial charge in [-0.2, -0.15) is 0 Å². The lowest BCUT2D eigenvalue weighted by Crippen LogP contribution is -2.43. The molecule has 0 aliphatic heterocycles. The zero-order valence-electron chi connectivity index (χ0n) is 16.7. The van der Waals surface area contributed by atoms with Crippen LogP contribution in [0.5, 0.6) is 0 Å². The minimum Gasteiger partial charge on any atom is -0.394 e. The molecule has 0 radical (unpaired) electrons. The molecule has 4 atom stereocenters. The lowest BCUT2D eigenvalue weighted by atomic mass is 9.95. The molecule has 0 aliphatic carbocycles. The molecule has 1 heterocycles. The maximum Gasteiger partial charge on any atom is 0.113 e. The molecule has 1 unspecified atom stereocenters. The van der Waals surface area contributed by atoms with Crippen molar-refractivity contribution in [3.8, 4) is 0 Å². The van der Waals surface area contributed by atoms with E-state index < -0.39 is 31.0 Å². The lowest BCUT2D eigenvalue weighted by molar-refractivity contribution is -0.126. The second-order valence-electron chi connectivity index (χ2n) is 7.33. The van der Waals surface area contributed by atoms with Gasteiger partial charge in [-0.15, -0.1) is 0 Å². The van der Waals surface area contributed by atoms with Crippen LogP contribution in [0.15, 0.2) is 48.5 Å². The average Bonchev–Trinajstić information content (AvgIpc) is 3.16. The molecule has 6 nitrogen and oxygen atoms in total. The van der Waals surface area contributed by atoms with Crippen LogP contribution in [0.4, 0.5) is 0 Å². The molecule has 0 spiro atoms. The number of aromatic nitrogens is 1. The van der Waals surface area contributed by atoms with Crippen LogP contribution in [0, 0.1) is 0 Å². The summed E-state index contributed by atoms with van der Waals surface area (Å²) in [7, 11) is 1.33. The Morgan fingerprint density at radius 3 is 2.28 bits per heavy atom. The smallest absolute Gasteiger partial charge is 0.113 e. The molecule has 6 heteroatoms. The van der Waals surface area contributed by atoms with Crippen molar-refractivity contribution in [2.24, 2.45) is 0 Å². The molecule has 5 N–H and O–H groups in total. The molecule has 0 saturated carbocycles. The number of aliphatic hydroxyl groups excluding tert-OH is 4. The van der Waals surface area contributed by atoms with Gasteiger partial charge in [0.15, 0.2) is 0 Å². The SMILES string of the molecule is CCc1ccc(Cc2cc3c(C(O)[C@@H](O)[C@H](O)[C@@H](CO)OC)cccc3[nH]2)cc1. The van der Waals surface area contributed by atoms with Gasteiger partial charge < -0.3 is 30.1 Å². The number of ether oxygens (including phenoxy) is 1. The standard InChI is InChI=1S/C23H29NO5/c1-3-14-7-9-15(10-8-14)11-16-12-18-17(5-4-6-19(18)24-16)21(26)23(28)22(27)20(13-25)29-2/h4-10,12,20-28H,3,11,13H2,1-2H3/t20-,21?,22-,23-/m1/s1. The Hall–Kier alpha value is -2.22. The van der Waals surface area contributed by atoms with Crippen molar-refractivity contribution in [1.29, 1.82) is 0 Å². The van der Waals surface area contributed by atoms with E-state index in [2.05, 4.69) is 36.2 Å². The second-order valence-corrected chi connectivity index (χ2v) is 7.33. The molecule has 0 amide bonds. The Morgan fingerprint density at radius 2 is 1.66 bits per heavy atom. The number of H-pyrrole nitrogens is 1. The van der Waals surface area contributed by atoms with Gasteiger partial charge in [-0.1, -0.05) is 43.3 Å². The summed E-state index contributed by atoms with van der Waals surface area (Å²) in [6.07, 6.45) is -3.52. The van der Waals surface area contributed by atoms with E-state index >= 15 is 0 Å². The summed E-state index contributed by atoms with van der Waals surface area (Å²) >= 11 is 0. The predicted molar refractivity (Wildman–Crippen MR) is 112 cm³/mol. The van der Waals surface area contributed by atoms with Crippen molar-refractivity contribution in [3.05, 3.63) is 70.9 Å². The van der Waals surface area contributed by atoms with E-state index in [1.165, 1.54) is 18.2 Å². The van der Waals surface area contributed by atoms with Crippen LogP contribution >= 0.6 is 0 Å². The van der Waals surface area contributed by atoms with E-state index in [9.17, 15) is 20.4 Å². The molecule has 0 aliphatic rings. The van der Waals surface area contributed by atoms with Gasteiger partial charge >= 0.3 is 0 Å². The number of nitrogens with one attached hydrogen (secondary N) is 1. The first kappa shape index (κ1) is 21.5. The van der Waals surface area contributed by atoms with Crippen molar-refractivity contribution < 1.29 is 25.2 Å². The number of rotatable bonds is 9. The van der Waals surface area contributed by atoms with Gasteiger partial charge in [-0.3, -0.25) is 0 Å². The third-order valence-electron chi connectivity index (χ3n) is 5.44. The first-order valence-electron chi connectivity index (χ1n) is 9.84. The van der Waals surface area contributed by atoms with Crippen LogP contribution in [0.3, 0.4) is 0 Å². The Bertz CT molecular complexity index is 917. The highest BCUT2D eigenvalue weighted by Gasteiger charge is 2.32. The predicted octanol–water partition coefficient (Wildman–Crippen LogP) is 2.08. The van der Waals surface area contributed by atoms with E-state index in [1.807, 2.05) is 12.1 Å². The number of hydrogen-bond acceptors (Lipinski definition) is 5. The van der Waals surface area contributed by atoms with Crippen molar-refractivity contribution in [3.63, 3.8) is 0 Å². The van der Waals surface area contributed by atoms with E-state index in [-0.39, 0.29) is 0 Å². The van der Waals surface area contributed by atoms with Crippen molar-refractivity contribution >= 4 is 10.9 Å². The molecule has 2 aromatic carbocycles.